The molecule has 5 heteroatoms. The Morgan fingerprint density at radius 2 is 1.73 bits per heavy atom. The number of nitrogens with zero attached hydrogens (tertiary/aromatic N) is 3. The smallest absolute Gasteiger partial charge is 0.291 e. The van der Waals surface area contributed by atoms with Crippen LogP contribution in [-0.4, -0.2) is 42.2 Å². The number of anilines is 1. The fourth-order valence-electron chi connectivity index (χ4n) is 4.02. The first-order valence-electron chi connectivity index (χ1n) is 9.34. The summed E-state index contributed by atoms with van der Waals surface area (Å²) in [7, 11) is 0. The summed E-state index contributed by atoms with van der Waals surface area (Å²) in [6, 6.07) is 16.7. The Morgan fingerprint density at radius 1 is 0.962 bits per heavy atom. The first-order valence-corrected chi connectivity index (χ1v) is 9.34. The Kier molecular flexibility index (Phi) is 4.89. The van der Waals surface area contributed by atoms with Crippen molar-refractivity contribution < 1.29 is 9.18 Å². The molecule has 2 aliphatic rings. The molecule has 0 aliphatic carbocycles. The number of benzene rings is 2. The average molecular weight is 353 g/mol. The van der Waals surface area contributed by atoms with Crippen LogP contribution in [0, 0.1) is 11.7 Å². The van der Waals surface area contributed by atoms with Crippen LogP contribution in [0.4, 0.5) is 14.9 Å². The van der Waals surface area contributed by atoms with Gasteiger partial charge in [-0.1, -0.05) is 30.3 Å². The predicted octanol–water partition coefficient (Wildman–Crippen LogP) is 3.94. The Labute approximate surface area is 153 Å². The van der Waals surface area contributed by atoms with Crippen molar-refractivity contribution in [2.75, 3.05) is 31.1 Å². The standard InChI is InChI=1S/C21H24FN3O/c22-19-8-10-20(11-9-19)24-13-14-25(21(24)26)23-12-4-7-18(16-23)15-17-5-2-1-3-6-17/h1-3,5-6,8-11,18H,4,7,12-16H2/t18-/m1/s1. The predicted molar refractivity (Wildman–Crippen MR) is 100 cm³/mol. The van der Waals surface area contributed by atoms with E-state index in [2.05, 4.69) is 29.3 Å². The van der Waals surface area contributed by atoms with Crippen molar-refractivity contribution >= 4 is 11.7 Å². The number of hydrogen-bond donors (Lipinski definition) is 0. The summed E-state index contributed by atoms with van der Waals surface area (Å²) < 4.78 is 13.1. The summed E-state index contributed by atoms with van der Waals surface area (Å²) >= 11 is 0. The molecule has 26 heavy (non-hydrogen) atoms. The third-order valence-corrected chi connectivity index (χ3v) is 5.33. The Bertz CT molecular complexity index is 750. The summed E-state index contributed by atoms with van der Waals surface area (Å²) in [6.45, 7) is 3.17. The zero-order valence-corrected chi connectivity index (χ0v) is 14.9. The van der Waals surface area contributed by atoms with Gasteiger partial charge in [-0.25, -0.2) is 14.2 Å². The number of carbonyl (C=O) groups excluding carboxylic acids is 1. The second-order valence-corrected chi connectivity index (χ2v) is 7.14. The van der Waals surface area contributed by atoms with Crippen LogP contribution in [0.3, 0.4) is 0 Å². The molecule has 0 radical (unpaired) electrons. The Morgan fingerprint density at radius 3 is 2.50 bits per heavy atom. The lowest BCUT2D eigenvalue weighted by atomic mass is 9.92. The second kappa shape index (κ2) is 7.46. The van der Waals surface area contributed by atoms with Crippen LogP contribution in [0.25, 0.3) is 0 Å². The number of hydrogen-bond acceptors (Lipinski definition) is 2. The van der Waals surface area contributed by atoms with E-state index in [1.54, 1.807) is 17.0 Å². The second-order valence-electron chi connectivity index (χ2n) is 7.14. The number of rotatable bonds is 4. The molecule has 2 heterocycles. The maximum atomic E-state index is 13.1. The van der Waals surface area contributed by atoms with Crippen molar-refractivity contribution in [3.8, 4) is 0 Å². The molecule has 0 saturated carbocycles. The Hall–Kier alpha value is -2.40. The third kappa shape index (κ3) is 3.58. The molecule has 4 rings (SSSR count). The van der Waals surface area contributed by atoms with Crippen molar-refractivity contribution in [3.63, 3.8) is 0 Å². The summed E-state index contributed by atoms with van der Waals surface area (Å²) in [6.07, 6.45) is 3.37. The van der Waals surface area contributed by atoms with Gasteiger partial charge in [-0.2, -0.15) is 0 Å². The van der Waals surface area contributed by atoms with Crippen LogP contribution < -0.4 is 4.90 Å². The molecule has 136 valence electrons. The van der Waals surface area contributed by atoms with Gasteiger partial charge < -0.3 is 0 Å². The lowest BCUT2D eigenvalue weighted by Gasteiger charge is -2.38. The van der Waals surface area contributed by atoms with Gasteiger partial charge in [-0.3, -0.25) is 9.91 Å². The van der Waals surface area contributed by atoms with Crippen LogP contribution in [0.5, 0.6) is 0 Å². The number of urea groups is 1. The van der Waals surface area contributed by atoms with Crippen LogP contribution in [0.15, 0.2) is 54.6 Å². The van der Waals surface area contributed by atoms with Crippen molar-refractivity contribution in [1.82, 2.24) is 10.0 Å². The largest absolute Gasteiger partial charge is 0.339 e. The highest BCUT2D eigenvalue weighted by Crippen LogP contribution is 2.26. The fraction of sp³-hybridized carbons (Fsp3) is 0.381. The summed E-state index contributed by atoms with van der Waals surface area (Å²) in [5.41, 5.74) is 2.12. The lowest BCUT2D eigenvalue weighted by molar-refractivity contribution is -0.00402. The van der Waals surface area contributed by atoms with E-state index in [4.69, 9.17) is 0 Å². The number of halogens is 1. The first-order chi connectivity index (χ1) is 12.7. The SMILES string of the molecule is O=C1N(c2ccc(F)cc2)CCN1N1CCC[C@H](Cc2ccccc2)C1. The van der Waals surface area contributed by atoms with E-state index in [1.807, 2.05) is 11.1 Å². The van der Waals surface area contributed by atoms with Gasteiger partial charge >= 0.3 is 6.03 Å². The van der Waals surface area contributed by atoms with Gasteiger partial charge in [0.2, 0.25) is 0 Å². The van der Waals surface area contributed by atoms with Gasteiger partial charge in [-0.15, -0.1) is 0 Å². The van der Waals surface area contributed by atoms with E-state index >= 15 is 0 Å². The molecule has 4 nitrogen and oxygen atoms in total. The molecule has 0 N–H and O–H groups in total. The minimum absolute atomic E-state index is 0.00281. The summed E-state index contributed by atoms with van der Waals surface area (Å²) in [5, 5.41) is 4.09. The molecule has 2 aliphatic heterocycles. The Balaban J connectivity index is 1.41. The molecular weight excluding hydrogens is 329 g/mol. The highest BCUT2D eigenvalue weighted by atomic mass is 19.1. The normalized spacial score (nSPS) is 21.4. The molecular formula is C21H24FN3O. The van der Waals surface area contributed by atoms with Crippen LogP contribution in [0.2, 0.25) is 0 Å². The molecule has 2 aromatic carbocycles. The quantitative estimate of drug-likeness (QED) is 0.832. The van der Waals surface area contributed by atoms with Crippen LogP contribution >= 0.6 is 0 Å². The molecule has 0 bridgehead atoms. The molecule has 0 spiro atoms. The average Bonchev–Trinajstić information content (AvgIpc) is 3.05. The molecule has 1 atom stereocenters. The highest BCUT2D eigenvalue weighted by molar-refractivity contribution is 5.93. The number of piperidine rings is 1. The third-order valence-electron chi connectivity index (χ3n) is 5.33. The molecule has 2 fully saturated rings. The van der Waals surface area contributed by atoms with E-state index in [0.717, 1.165) is 31.6 Å². The topological polar surface area (TPSA) is 26.8 Å². The molecule has 0 unspecified atom stereocenters. The zero-order chi connectivity index (χ0) is 17.9. The minimum Gasteiger partial charge on any atom is -0.291 e. The zero-order valence-electron chi connectivity index (χ0n) is 14.9. The maximum Gasteiger partial charge on any atom is 0.339 e. The van der Waals surface area contributed by atoms with E-state index in [9.17, 15) is 9.18 Å². The summed E-state index contributed by atoms with van der Waals surface area (Å²) in [5.74, 6) is 0.288. The minimum atomic E-state index is -0.281. The summed E-state index contributed by atoms with van der Waals surface area (Å²) in [4.78, 5) is 14.6. The van der Waals surface area contributed by atoms with Gasteiger partial charge in [0, 0.05) is 25.3 Å². The van der Waals surface area contributed by atoms with E-state index in [-0.39, 0.29) is 11.8 Å². The van der Waals surface area contributed by atoms with Gasteiger partial charge in [0.15, 0.2) is 0 Å². The van der Waals surface area contributed by atoms with Crippen molar-refractivity contribution in [2.45, 2.75) is 19.3 Å². The van der Waals surface area contributed by atoms with Gasteiger partial charge in [0.25, 0.3) is 0 Å². The van der Waals surface area contributed by atoms with Crippen LogP contribution in [-0.2, 0) is 6.42 Å². The molecule has 2 amide bonds. The van der Waals surface area contributed by atoms with Gasteiger partial charge in [0.1, 0.15) is 5.82 Å². The fourth-order valence-corrected chi connectivity index (χ4v) is 4.02. The number of amides is 2. The molecule has 2 saturated heterocycles. The van der Waals surface area contributed by atoms with Gasteiger partial charge in [0.05, 0.1) is 6.54 Å². The van der Waals surface area contributed by atoms with Crippen molar-refractivity contribution in [2.24, 2.45) is 5.92 Å². The number of carbonyl (C=O) groups is 1. The first kappa shape index (κ1) is 17.0. The lowest BCUT2D eigenvalue weighted by Crippen LogP contribution is -2.50. The monoisotopic (exact) mass is 353 g/mol. The van der Waals surface area contributed by atoms with E-state index in [0.29, 0.717) is 19.0 Å². The maximum absolute atomic E-state index is 13.1. The molecule has 2 aromatic rings. The van der Waals surface area contributed by atoms with Crippen LogP contribution in [0.1, 0.15) is 18.4 Å². The molecule has 0 aromatic heterocycles. The van der Waals surface area contributed by atoms with E-state index in [1.165, 1.54) is 24.1 Å². The highest BCUT2D eigenvalue weighted by Gasteiger charge is 2.35. The number of hydrazine groups is 1. The van der Waals surface area contributed by atoms with Gasteiger partial charge in [-0.05, 0) is 55.0 Å². The van der Waals surface area contributed by atoms with Crippen molar-refractivity contribution in [3.05, 3.63) is 66.0 Å². The van der Waals surface area contributed by atoms with Crippen molar-refractivity contribution in [1.29, 1.82) is 0 Å². The van der Waals surface area contributed by atoms with E-state index < -0.39 is 0 Å².